The summed E-state index contributed by atoms with van der Waals surface area (Å²) < 4.78 is 6.53. The first kappa shape index (κ1) is 12.9. The lowest BCUT2D eigenvalue weighted by molar-refractivity contribution is 0.228. The largest absolute Gasteiger partial charge is 0.361 e. The monoisotopic (exact) mass is 320 g/mol. The van der Waals surface area contributed by atoms with Crippen molar-refractivity contribution in [1.29, 1.82) is 0 Å². The summed E-state index contributed by atoms with van der Waals surface area (Å²) in [5.74, 6) is 1.03. The molecule has 0 amide bonds. The predicted octanol–water partition coefficient (Wildman–Crippen LogP) is 4.01. The Balaban J connectivity index is 2.11. The van der Waals surface area contributed by atoms with Gasteiger partial charge in [0, 0.05) is 27.1 Å². The average molecular weight is 321 g/mol. The number of halogens is 1. The van der Waals surface area contributed by atoms with E-state index in [4.69, 9.17) is 4.52 Å². The number of nitrogens with zero attached hydrogens (tertiary/aromatic N) is 2. The fraction of sp³-hybridized carbons (Fsp3) is 0.467. The molecule has 0 spiro atoms. The zero-order chi connectivity index (χ0) is 13.7. The molecule has 1 unspecified atom stereocenters. The summed E-state index contributed by atoms with van der Waals surface area (Å²) in [6.45, 7) is 6.70. The quantitative estimate of drug-likeness (QED) is 0.796. The molecule has 2 aromatic rings. The predicted molar refractivity (Wildman–Crippen MR) is 77.1 cm³/mol. The van der Waals surface area contributed by atoms with Crippen LogP contribution in [-0.2, 0) is 17.3 Å². The zero-order valence-electron chi connectivity index (χ0n) is 11.4. The lowest BCUT2D eigenvalue weighted by Crippen LogP contribution is -2.39. The van der Waals surface area contributed by atoms with E-state index in [1.807, 2.05) is 18.5 Å². The van der Waals surface area contributed by atoms with Crippen molar-refractivity contribution in [3.8, 4) is 0 Å². The fourth-order valence-corrected chi connectivity index (χ4v) is 4.21. The number of hydrogen-bond acceptors (Lipinski definition) is 3. The Morgan fingerprint density at radius 3 is 2.84 bits per heavy atom. The minimum Gasteiger partial charge on any atom is -0.361 e. The van der Waals surface area contributed by atoms with E-state index in [9.17, 15) is 0 Å². The van der Waals surface area contributed by atoms with Crippen molar-refractivity contribution in [1.82, 2.24) is 10.1 Å². The Hall–Kier alpha value is -1.16. The van der Waals surface area contributed by atoms with Crippen molar-refractivity contribution in [3.05, 3.63) is 46.0 Å². The van der Waals surface area contributed by atoms with E-state index in [0.717, 1.165) is 28.8 Å². The lowest BCUT2D eigenvalue weighted by Gasteiger charge is -2.41. The second kappa shape index (κ2) is 4.17. The normalized spacial score (nSPS) is 25.1. The van der Waals surface area contributed by atoms with Crippen LogP contribution in [0.25, 0.3) is 0 Å². The molecule has 4 heteroatoms. The van der Waals surface area contributed by atoms with Crippen LogP contribution in [0.2, 0.25) is 0 Å². The highest BCUT2D eigenvalue weighted by Crippen LogP contribution is 2.47. The standard InChI is InChI=1S/C15H17BrN2O/c1-14(2)9-15(3,7-10-8-18-19-13(10)14)12-11(16)5-4-6-17-12/h4-6,8H,7,9H2,1-3H3. The van der Waals surface area contributed by atoms with Crippen LogP contribution in [-0.4, -0.2) is 10.1 Å². The van der Waals surface area contributed by atoms with E-state index in [-0.39, 0.29) is 10.8 Å². The van der Waals surface area contributed by atoms with Crippen LogP contribution >= 0.6 is 15.9 Å². The number of pyridine rings is 1. The Morgan fingerprint density at radius 1 is 1.32 bits per heavy atom. The summed E-state index contributed by atoms with van der Waals surface area (Å²) in [6, 6.07) is 4.01. The molecule has 2 heterocycles. The maximum absolute atomic E-state index is 5.45. The summed E-state index contributed by atoms with van der Waals surface area (Å²) in [5.41, 5.74) is 2.31. The van der Waals surface area contributed by atoms with Crippen molar-refractivity contribution in [2.75, 3.05) is 0 Å². The molecule has 2 aromatic heterocycles. The smallest absolute Gasteiger partial charge is 0.145 e. The molecule has 1 atom stereocenters. The van der Waals surface area contributed by atoms with Crippen LogP contribution in [0.1, 0.15) is 44.2 Å². The first-order chi connectivity index (χ1) is 8.92. The minimum absolute atomic E-state index is 0.00213. The van der Waals surface area contributed by atoms with E-state index in [1.54, 1.807) is 0 Å². The zero-order valence-corrected chi connectivity index (χ0v) is 13.0. The van der Waals surface area contributed by atoms with Gasteiger partial charge in [0.2, 0.25) is 0 Å². The van der Waals surface area contributed by atoms with Crippen LogP contribution in [0, 0.1) is 0 Å². The van der Waals surface area contributed by atoms with E-state index in [1.165, 1.54) is 5.56 Å². The molecule has 0 saturated heterocycles. The Bertz CT molecular complexity index is 620. The Morgan fingerprint density at radius 2 is 2.11 bits per heavy atom. The molecule has 3 rings (SSSR count). The third kappa shape index (κ3) is 2.02. The van der Waals surface area contributed by atoms with Crippen LogP contribution in [0.15, 0.2) is 33.5 Å². The SMILES string of the molecule is CC1(C)CC(C)(c2ncccc2Br)Cc2cnoc21. The molecule has 0 aliphatic heterocycles. The van der Waals surface area contributed by atoms with Gasteiger partial charge >= 0.3 is 0 Å². The fourth-order valence-electron chi connectivity index (χ4n) is 3.48. The van der Waals surface area contributed by atoms with E-state index < -0.39 is 0 Å². The van der Waals surface area contributed by atoms with E-state index in [0.29, 0.717) is 0 Å². The van der Waals surface area contributed by atoms with Crippen LogP contribution in [0.3, 0.4) is 0 Å². The van der Waals surface area contributed by atoms with Crippen molar-refractivity contribution >= 4 is 15.9 Å². The first-order valence-electron chi connectivity index (χ1n) is 6.47. The van der Waals surface area contributed by atoms with Gasteiger partial charge in [0.05, 0.1) is 11.9 Å². The first-order valence-corrected chi connectivity index (χ1v) is 7.27. The number of aromatic nitrogens is 2. The van der Waals surface area contributed by atoms with E-state index >= 15 is 0 Å². The molecule has 19 heavy (non-hydrogen) atoms. The number of rotatable bonds is 1. The summed E-state index contributed by atoms with van der Waals surface area (Å²) >= 11 is 3.63. The number of fused-ring (bicyclic) bond motifs is 1. The molecule has 0 aromatic carbocycles. The highest BCUT2D eigenvalue weighted by Gasteiger charge is 2.45. The molecular formula is C15H17BrN2O. The number of hydrogen-bond donors (Lipinski definition) is 0. The van der Waals surface area contributed by atoms with Gasteiger partial charge in [-0.25, -0.2) is 0 Å². The molecule has 0 radical (unpaired) electrons. The molecule has 0 saturated carbocycles. The molecule has 1 aliphatic rings. The highest BCUT2D eigenvalue weighted by molar-refractivity contribution is 9.10. The molecule has 0 bridgehead atoms. The van der Waals surface area contributed by atoms with Crippen molar-refractivity contribution in [2.24, 2.45) is 0 Å². The molecule has 1 aliphatic carbocycles. The van der Waals surface area contributed by atoms with Crippen LogP contribution < -0.4 is 0 Å². The molecular weight excluding hydrogens is 304 g/mol. The molecule has 3 nitrogen and oxygen atoms in total. The van der Waals surface area contributed by atoms with Crippen molar-refractivity contribution < 1.29 is 4.52 Å². The van der Waals surface area contributed by atoms with Gasteiger partial charge in [-0.1, -0.05) is 25.9 Å². The molecule has 0 N–H and O–H groups in total. The van der Waals surface area contributed by atoms with Gasteiger partial charge in [-0.05, 0) is 40.9 Å². The maximum atomic E-state index is 5.45. The molecule has 0 fully saturated rings. The Kier molecular flexibility index (Phi) is 2.82. The van der Waals surface area contributed by atoms with Gasteiger partial charge in [0.25, 0.3) is 0 Å². The summed E-state index contributed by atoms with van der Waals surface area (Å²) in [5, 5.41) is 3.97. The van der Waals surface area contributed by atoms with Gasteiger partial charge in [0.15, 0.2) is 0 Å². The van der Waals surface area contributed by atoms with Crippen molar-refractivity contribution in [2.45, 2.75) is 44.4 Å². The van der Waals surface area contributed by atoms with Crippen molar-refractivity contribution in [3.63, 3.8) is 0 Å². The topological polar surface area (TPSA) is 38.9 Å². The summed E-state index contributed by atoms with van der Waals surface area (Å²) in [7, 11) is 0. The summed E-state index contributed by atoms with van der Waals surface area (Å²) in [4.78, 5) is 4.60. The van der Waals surface area contributed by atoms with E-state index in [2.05, 4.69) is 52.9 Å². The highest BCUT2D eigenvalue weighted by atomic mass is 79.9. The maximum Gasteiger partial charge on any atom is 0.145 e. The van der Waals surface area contributed by atoms with Gasteiger partial charge in [0.1, 0.15) is 5.76 Å². The van der Waals surface area contributed by atoms with Gasteiger partial charge < -0.3 is 4.52 Å². The van der Waals surface area contributed by atoms with Crippen LogP contribution in [0.5, 0.6) is 0 Å². The Labute approximate surface area is 121 Å². The van der Waals surface area contributed by atoms with Gasteiger partial charge in [-0.15, -0.1) is 0 Å². The molecule has 100 valence electrons. The second-order valence-electron chi connectivity index (χ2n) is 6.31. The lowest BCUT2D eigenvalue weighted by atomic mass is 9.63. The summed E-state index contributed by atoms with van der Waals surface area (Å²) in [6.07, 6.45) is 5.63. The van der Waals surface area contributed by atoms with Gasteiger partial charge in [-0.2, -0.15) is 0 Å². The second-order valence-corrected chi connectivity index (χ2v) is 7.17. The van der Waals surface area contributed by atoms with Crippen LogP contribution in [0.4, 0.5) is 0 Å². The van der Waals surface area contributed by atoms with Gasteiger partial charge in [-0.3, -0.25) is 4.98 Å². The third-order valence-corrected chi connectivity index (χ3v) is 4.64. The average Bonchev–Trinajstić information content (AvgIpc) is 2.77. The third-order valence-electron chi connectivity index (χ3n) is 4.00. The minimum atomic E-state index is -0.0181.